The fourth-order valence-corrected chi connectivity index (χ4v) is 2.54. The third-order valence-corrected chi connectivity index (χ3v) is 4.16. The summed E-state index contributed by atoms with van der Waals surface area (Å²) in [4.78, 5) is 0. The smallest absolute Gasteiger partial charge is 0.161 e. The highest BCUT2D eigenvalue weighted by atomic mass is 16.5. The monoisotopic (exact) mass is 360 g/mol. The second-order valence-corrected chi connectivity index (χ2v) is 6.42. The van der Waals surface area contributed by atoms with Crippen molar-refractivity contribution in [2.24, 2.45) is 5.10 Å². The molecule has 3 aromatic rings. The molecular weight excluding hydrogens is 336 g/mol. The van der Waals surface area contributed by atoms with E-state index in [1.54, 1.807) is 13.3 Å². The molecular formula is C23H24N2O2. The summed E-state index contributed by atoms with van der Waals surface area (Å²) < 4.78 is 11.4. The van der Waals surface area contributed by atoms with E-state index < -0.39 is 0 Å². The predicted molar refractivity (Wildman–Crippen MR) is 111 cm³/mol. The van der Waals surface area contributed by atoms with Crippen molar-refractivity contribution in [3.05, 3.63) is 89.0 Å². The summed E-state index contributed by atoms with van der Waals surface area (Å²) in [6.07, 6.45) is 1.76. The Kier molecular flexibility index (Phi) is 6.10. The highest BCUT2D eigenvalue weighted by Crippen LogP contribution is 2.28. The second kappa shape index (κ2) is 8.90. The molecule has 27 heavy (non-hydrogen) atoms. The summed E-state index contributed by atoms with van der Waals surface area (Å²) >= 11 is 0. The van der Waals surface area contributed by atoms with E-state index in [1.807, 2.05) is 42.5 Å². The normalized spacial score (nSPS) is 10.8. The third kappa shape index (κ3) is 5.35. The Hall–Kier alpha value is -3.27. The van der Waals surface area contributed by atoms with E-state index in [9.17, 15) is 0 Å². The number of benzene rings is 3. The minimum atomic E-state index is 0.499. The molecule has 3 aromatic carbocycles. The van der Waals surface area contributed by atoms with Crippen LogP contribution >= 0.6 is 0 Å². The Labute approximate surface area is 160 Å². The molecule has 0 heterocycles. The summed E-state index contributed by atoms with van der Waals surface area (Å²) in [6, 6.07) is 22.1. The topological polar surface area (TPSA) is 42.8 Å². The van der Waals surface area contributed by atoms with Crippen LogP contribution in [0.2, 0.25) is 0 Å². The molecule has 0 atom stereocenters. The van der Waals surface area contributed by atoms with Crippen molar-refractivity contribution < 1.29 is 9.47 Å². The van der Waals surface area contributed by atoms with Crippen LogP contribution in [0.1, 0.15) is 22.3 Å². The highest BCUT2D eigenvalue weighted by Gasteiger charge is 2.05. The number of nitrogens with zero attached hydrogens (tertiary/aromatic N) is 1. The minimum absolute atomic E-state index is 0.499. The van der Waals surface area contributed by atoms with Crippen molar-refractivity contribution in [3.63, 3.8) is 0 Å². The van der Waals surface area contributed by atoms with Crippen LogP contribution in [-0.2, 0) is 6.61 Å². The second-order valence-electron chi connectivity index (χ2n) is 6.42. The number of hydrazone groups is 1. The molecule has 4 nitrogen and oxygen atoms in total. The van der Waals surface area contributed by atoms with Crippen molar-refractivity contribution in [2.45, 2.75) is 20.5 Å². The lowest BCUT2D eigenvalue weighted by Gasteiger charge is -2.11. The Morgan fingerprint density at radius 1 is 0.852 bits per heavy atom. The number of anilines is 1. The molecule has 0 saturated carbocycles. The lowest BCUT2D eigenvalue weighted by molar-refractivity contribution is 0.284. The van der Waals surface area contributed by atoms with Gasteiger partial charge in [0.2, 0.25) is 0 Å². The Morgan fingerprint density at radius 3 is 2.19 bits per heavy atom. The van der Waals surface area contributed by atoms with Crippen LogP contribution in [0.5, 0.6) is 11.5 Å². The molecule has 0 aliphatic heterocycles. The summed E-state index contributed by atoms with van der Waals surface area (Å²) in [5.74, 6) is 1.39. The average molecular weight is 360 g/mol. The Balaban J connectivity index is 1.63. The molecule has 0 aliphatic carbocycles. The zero-order chi connectivity index (χ0) is 19.1. The maximum Gasteiger partial charge on any atom is 0.161 e. The van der Waals surface area contributed by atoms with Crippen molar-refractivity contribution in [3.8, 4) is 11.5 Å². The van der Waals surface area contributed by atoms with Gasteiger partial charge in [-0.2, -0.15) is 5.10 Å². The first-order chi connectivity index (χ1) is 13.1. The first-order valence-electron chi connectivity index (χ1n) is 8.86. The minimum Gasteiger partial charge on any atom is -0.493 e. The van der Waals surface area contributed by atoms with E-state index in [0.717, 1.165) is 16.8 Å². The average Bonchev–Trinajstić information content (AvgIpc) is 2.69. The first kappa shape index (κ1) is 18.5. The molecule has 0 spiro atoms. The Bertz CT molecular complexity index is 901. The van der Waals surface area contributed by atoms with Gasteiger partial charge in [0, 0.05) is 0 Å². The summed E-state index contributed by atoms with van der Waals surface area (Å²) in [6.45, 7) is 4.63. The quantitative estimate of drug-likeness (QED) is 0.457. The van der Waals surface area contributed by atoms with Crippen LogP contribution < -0.4 is 14.9 Å². The molecule has 138 valence electrons. The van der Waals surface area contributed by atoms with E-state index in [-0.39, 0.29) is 0 Å². The molecule has 0 unspecified atom stereocenters. The lowest BCUT2D eigenvalue weighted by Crippen LogP contribution is -1.99. The number of rotatable bonds is 7. The van der Waals surface area contributed by atoms with Crippen molar-refractivity contribution >= 4 is 11.9 Å². The fourth-order valence-electron chi connectivity index (χ4n) is 2.54. The largest absolute Gasteiger partial charge is 0.493 e. The number of hydrogen-bond donors (Lipinski definition) is 1. The molecule has 4 heteroatoms. The van der Waals surface area contributed by atoms with Crippen LogP contribution in [0, 0.1) is 13.8 Å². The maximum atomic E-state index is 5.91. The number of aryl methyl sites for hydroxylation is 2. The van der Waals surface area contributed by atoms with Gasteiger partial charge in [-0.25, -0.2) is 0 Å². The van der Waals surface area contributed by atoms with E-state index in [0.29, 0.717) is 18.1 Å². The van der Waals surface area contributed by atoms with E-state index >= 15 is 0 Å². The molecule has 0 aromatic heterocycles. The van der Waals surface area contributed by atoms with Crippen molar-refractivity contribution in [1.82, 2.24) is 0 Å². The van der Waals surface area contributed by atoms with Gasteiger partial charge in [0.15, 0.2) is 11.5 Å². The van der Waals surface area contributed by atoms with Crippen LogP contribution in [0.3, 0.4) is 0 Å². The zero-order valence-corrected chi connectivity index (χ0v) is 15.9. The SMILES string of the molecule is COc1cc(/C=N/Nc2ccc(C)cc2)ccc1OCc1ccc(C)cc1. The first-order valence-corrected chi connectivity index (χ1v) is 8.86. The van der Waals surface area contributed by atoms with Crippen molar-refractivity contribution in [2.75, 3.05) is 12.5 Å². The number of nitrogens with one attached hydrogen (secondary N) is 1. The van der Waals surface area contributed by atoms with Gasteiger partial charge in [-0.15, -0.1) is 0 Å². The lowest BCUT2D eigenvalue weighted by atomic mass is 10.2. The van der Waals surface area contributed by atoms with Crippen molar-refractivity contribution in [1.29, 1.82) is 0 Å². The van der Waals surface area contributed by atoms with Gasteiger partial charge in [-0.05, 0) is 55.3 Å². The number of ether oxygens (including phenoxy) is 2. The maximum absolute atomic E-state index is 5.91. The Morgan fingerprint density at radius 2 is 1.52 bits per heavy atom. The molecule has 0 fully saturated rings. The molecule has 0 bridgehead atoms. The van der Waals surface area contributed by atoms with Gasteiger partial charge < -0.3 is 9.47 Å². The van der Waals surface area contributed by atoms with Gasteiger partial charge in [0.05, 0.1) is 19.0 Å². The number of hydrogen-bond acceptors (Lipinski definition) is 4. The predicted octanol–water partition coefficient (Wildman–Crippen LogP) is 5.34. The zero-order valence-electron chi connectivity index (χ0n) is 15.9. The van der Waals surface area contributed by atoms with Crippen LogP contribution in [0.15, 0.2) is 71.8 Å². The molecule has 0 radical (unpaired) electrons. The van der Waals surface area contributed by atoms with Crippen LogP contribution in [0.4, 0.5) is 5.69 Å². The van der Waals surface area contributed by atoms with Gasteiger partial charge in [-0.3, -0.25) is 5.43 Å². The van der Waals surface area contributed by atoms with E-state index in [2.05, 4.69) is 48.6 Å². The third-order valence-electron chi connectivity index (χ3n) is 4.16. The molecule has 0 saturated heterocycles. The summed E-state index contributed by atoms with van der Waals surface area (Å²) in [7, 11) is 1.64. The summed E-state index contributed by atoms with van der Waals surface area (Å²) in [5.41, 5.74) is 8.47. The molecule has 3 rings (SSSR count). The van der Waals surface area contributed by atoms with Gasteiger partial charge in [-0.1, -0.05) is 47.5 Å². The van der Waals surface area contributed by atoms with Gasteiger partial charge >= 0.3 is 0 Å². The molecule has 0 amide bonds. The van der Waals surface area contributed by atoms with E-state index in [4.69, 9.17) is 9.47 Å². The highest BCUT2D eigenvalue weighted by molar-refractivity contribution is 5.81. The molecule has 1 N–H and O–H groups in total. The van der Waals surface area contributed by atoms with Crippen LogP contribution in [0.25, 0.3) is 0 Å². The van der Waals surface area contributed by atoms with E-state index in [1.165, 1.54) is 11.1 Å². The fraction of sp³-hybridized carbons (Fsp3) is 0.174. The summed E-state index contributed by atoms with van der Waals surface area (Å²) in [5, 5.41) is 4.28. The van der Waals surface area contributed by atoms with Gasteiger partial charge in [0.1, 0.15) is 6.61 Å². The number of methoxy groups -OCH3 is 1. The van der Waals surface area contributed by atoms with Crippen LogP contribution in [-0.4, -0.2) is 13.3 Å². The standard InChI is InChI=1S/C23H24N2O2/c1-17-4-8-19(9-5-17)16-27-22-13-10-20(14-23(22)26-3)15-24-25-21-11-6-18(2)7-12-21/h4-15,25H,16H2,1-3H3/b24-15+. The molecule has 0 aliphatic rings. The van der Waals surface area contributed by atoms with Gasteiger partial charge in [0.25, 0.3) is 0 Å².